The number of hydrogen-bond donors (Lipinski definition) is 1. The number of halogens is 1. The summed E-state index contributed by atoms with van der Waals surface area (Å²) in [6.45, 7) is 0. The van der Waals surface area contributed by atoms with E-state index in [1.807, 2.05) is 12.1 Å². The number of hydrogen-bond acceptors (Lipinski definition) is 3. The van der Waals surface area contributed by atoms with Gasteiger partial charge < -0.3 is 5.32 Å². The van der Waals surface area contributed by atoms with E-state index in [-0.39, 0.29) is 5.91 Å². The van der Waals surface area contributed by atoms with Crippen molar-refractivity contribution in [1.82, 2.24) is 5.32 Å². The van der Waals surface area contributed by atoms with Crippen LogP contribution in [0.4, 0.5) is 0 Å². The minimum atomic E-state index is -0.686. The molecule has 5 heteroatoms. The molecule has 0 aromatic heterocycles. The van der Waals surface area contributed by atoms with Crippen molar-refractivity contribution in [2.45, 2.75) is 12.0 Å². The van der Waals surface area contributed by atoms with Gasteiger partial charge >= 0.3 is 0 Å². The molecule has 1 amide bonds. The quantitative estimate of drug-likeness (QED) is 0.913. The van der Waals surface area contributed by atoms with Gasteiger partial charge in [0.2, 0.25) is 0 Å². The molecule has 1 unspecified atom stereocenters. The summed E-state index contributed by atoms with van der Waals surface area (Å²) in [6, 6.07) is 9.35. The first-order valence-corrected chi connectivity index (χ1v) is 7.17. The molecule has 0 radical (unpaired) electrons. The largest absolute Gasteiger partial charge is 0.333 e. The van der Waals surface area contributed by atoms with Gasteiger partial charge in [-0.3, -0.25) is 4.79 Å². The second-order valence-electron chi connectivity index (χ2n) is 3.96. The summed E-state index contributed by atoms with van der Waals surface area (Å²) in [5, 5.41) is 12.0. The van der Waals surface area contributed by atoms with Crippen LogP contribution in [-0.4, -0.2) is 23.0 Å². The van der Waals surface area contributed by atoms with Crippen LogP contribution in [-0.2, 0) is 0 Å². The fraction of sp³-hybridized carbons (Fsp3) is 0.333. The fourth-order valence-corrected chi connectivity index (χ4v) is 3.20. The molecule has 1 atom stereocenters. The lowest BCUT2D eigenvalue weighted by molar-refractivity contribution is 0.0926. The van der Waals surface area contributed by atoms with Crippen LogP contribution in [0.15, 0.2) is 28.7 Å². The van der Waals surface area contributed by atoms with Crippen molar-refractivity contribution in [2.75, 3.05) is 11.5 Å². The standard InChI is InChI=1S/C12H11BrN2OS/c13-10-3-1-9(2-4-10)11(16)15-12(7-14)5-6-17-8-12/h1-4H,5-6,8H2,(H,15,16). The van der Waals surface area contributed by atoms with Gasteiger partial charge in [-0.1, -0.05) is 15.9 Å². The molecule has 17 heavy (non-hydrogen) atoms. The summed E-state index contributed by atoms with van der Waals surface area (Å²) < 4.78 is 0.931. The van der Waals surface area contributed by atoms with Crippen LogP contribution < -0.4 is 5.32 Å². The number of nitrogens with zero attached hydrogens (tertiary/aromatic N) is 1. The van der Waals surface area contributed by atoms with Crippen molar-refractivity contribution in [3.8, 4) is 6.07 Å². The number of rotatable bonds is 2. The molecule has 88 valence electrons. The molecule has 1 aliphatic rings. The number of carbonyl (C=O) groups excluding carboxylic acids is 1. The number of nitriles is 1. The van der Waals surface area contributed by atoms with E-state index in [2.05, 4.69) is 27.3 Å². The van der Waals surface area contributed by atoms with Crippen LogP contribution >= 0.6 is 27.7 Å². The number of benzene rings is 1. The topological polar surface area (TPSA) is 52.9 Å². The minimum absolute atomic E-state index is 0.179. The molecule has 1 N–H and O–H groups in total. The first kappa shape index (κ1) is 12.5. The molecule has 1 aromatic carbocycles. The summed E-state index contributed by atoms with van der Waals surface area (Å²) in [5.41, 5.74) is -0.103. The third kappa shape index (κ3) is 2.82. The smallest absolute Gasteiger partial charge is 0.252 e. The fourth-order valence-electron chi connectivity index (χ4n) is 1.67. The van der Waals surface area contributed by atoms with Gasteiger partial charge in [-0.05, 0) is 36.4 Å². The van der Waals surface area contributed by atoms with Gasteiger partial charge in [-0.15, -0.1) is 0 Å². The molecule has 1 saturated heterocycles. The monoisotopic (exact) mass is 310 g/mol. The van der Waals surface area contributed by atoms with Gasteiger partial charge in [-0.25, -0.2) is 0 Å². The molecule has 1 fully saturated rings. The van der Waals surface area contributed by atoms with E-state index in [0.29, 0.717) is 11.3 Å². The van der Waals surface area contributed by atoms with E-state index in [1.54, 1.807) is 23.9 Å². The second-order valence-corrected chi connectivity index (χ2v) is 5.98. The molecule has 3 nitrogen and oxygen atoms in total. The Morgan fingerprint density at radius 2 is 2.18 bits per heavy atom. The van der Waals surface area contributed by atoms with Crippen LogP contribution in [0, 0.1) is 11.3 Å². The molecule has 0 saturated carbocycles. The lowest BCUT2D eigenvalue weighted by Gasteiger charge is -2.21. The molecule has 0 aliphatic carbocycles. The third-order valence-electron chi connectivity index (χ3n) is 2.69. The van der Waals surface area contributed by atoms with Gasteiger partial charge in [-0.2, -0.15) is 17.0 Å². The minimum Gasteiger partial charge on any atom is -0.333 e. The Hall–Kier alpha value is -0.990. The zero-order valence-corrected chi connectivity index (χ0v) is 11.5. The SMILES string of the molecule is N#CC1(NC(=O)c2ccc(Br)cc2)CCSC1. The van der Waals surface area contributed by atoms with E-state index in [1.165, 1.54) is 0 Å². The van der Waals surface area contributed by atoms with Crippen LogP contribution in [0.3, 0.4) is 0 Å². The van der Waals surface area contributed by atoms with Crippen molar-refractivity contribution in [2.24, 2.45) is 0 Å². The van der Waals surface area contributed by atoms with Crippen LogP contribution in [0.5, 0.6) is 0 Å². The predicted molar refractivity (Wildman–Crippen MR) is 71.9 cm³/mol. The van der Waals surface area contributed by atoms with Gasteiger partial charge in [0.15, 0.2) is 0 Å². The number of nitrogens with one attached hydrogen (secondary N) is 1. The summed E-state index contributed by atoms with van der Waals surface area (Å²) in [6.07, 6.45) is 0.719. The Kier molecular flexibility index (Phi) is 3.75. The van der Waals surface area contributed by atoms with Crippen LogP contribution in [0.2, 0.25) is 0 Å². The van der Waals surface area contributed by atoms with Gasteiger partial charge in [0.05, 0.1) is 6.07 Å². The first-order chi connectivity index (χ1) is 8.15. The summed E-state index contributed by atoms with van der Waals surface area (Å²) in [7, 11) is 0. The van der Waals surface area contributed by atoms with Gasteiger partial charge in [0.1, 0.15) is 5.54 Å². The highest BCUT2D eigenvalue weighted by atomic mass is 79.9. The lowest BCUT2D eigenvalue weighted by Crippen LogP contribution is -2.47. The summed E-state index contributed by atoms with van der Waals surface area (Å²) in [4.78, 5) is 12.0. The zero-order chi connectivity index (χ0) is 12.3. The number of thioether (sulfide) groups is 1. The third-order valence-corrected chi connectivity index (χ3v) is 4.41. The van der Waals surface area contributed by atoms with Crippen LogP contribution in [0.25, 0.3) is 0 Å². The molecule has 1 aliphatic heterocycles. The van der Waals surface area contributed by atoms with Crippen molar-refractivity contribution >= 4 is 33.6 Å². The maximum Gasteiger partial charge on any atom is 0.252 e. The highest BCUT2D eigenvalue weighted by Crippen LogP contribution is 2.27. The molecule has 0 spiro atoms. The highest BCUT2D eigenvalue weighted by Gasteiger charge is 2.36. The molecule has 2 rings (SSSR count). The molecule has 0 bridgehead atoms. The Morgan fingerprint density at radius 1 is 1.47 bits per heavy atom. The van der Waals surface area contributed by atoms with Crippen LogP contribution in [0.1, 0.15) is 16.8 Å². The first-order valence-electron chi connectivity index (χ1n) is 5.22. The van der Waals surface area contributed by atoms with Gasteiger partial charge in [0, 0.05) is 15.8 Å². The molecule has 1 heterocycles. The molecule has 1 aromatic rings. The van der Waals surface area contributed by atoms with E-state index in [9.17, 15) is 10.1 Å². The lowest BCUT2D eigenvalue weighted by atomic mass is 10.0. The van der Waals surface area contributed by atoms with Crippen molar-refractivity contribution in [3.63, 3.8) is 0 Å². The van der Waals surface area contributed by atoms with E-state index in [0.717, 1.165) is 16.6 Å². The van der Waals surface area contributed by atoms with Crippen molar-refractivity contribution in [3.05, 3.63) is 34.3 Å². The maximum absolute atomic E-state index is 12.0. The molecular weight excluding hydrogens is 300 g/mol. The summed E-state index contributed by atoms with van der Waals surface area (Å²) >= 11 is 5.02. The number of carbonyl (C=O) groups is 1. The van der Waals surface area contributed by atoms with Crippen molar-refractivity contribution in [1.29, 1.82) is 5.26 Å². The Balaban J connectivity index is 2.11. The Labute approximate surface area is 113 Å². The second kappa shape index (κ2) is 5.11. The summed E-state index contributed by atoms with van der Waals surface area (Å²) in [5.74, 6) is 1.42. The Morgan fingerprint density at radius 3 is 2.71 bits per heavy atom. The maximum atomic E-state index is 12.0. The number of amides is 1. The van der Waals surface area contributed by atoms with E-state index >= 15 is 0 Å². The average Bonchev–Trinajstić information content (AvgIpc) is 2.79. The normalized spacial score (nSPS) is 23.1. The highest BCUT2D eigenvalue weighted by molar-refractivity contribution is 9.10. The van der Waals surface area contributed by atoms with Crippen molar-refractivity contribution < 1.29 is 4.79 Å². The van der Waals surface area contributed by atoms with Gasteiger partial charge in [0.25, 0.3) is 5.91 Å². The molecular formula is C12H11BrN2OS. The predicted octanol–water partition coefficient (Wildman–Crippen LogP) is 2.58. The van der Waals surface area contributed by atoms with E-state index < -0.39 is 5.54 Å². The Bertz CT molecular complexity index is 460. The van der Waals surface area contributed by atoms with E-state index in [4.69, 9.17) is 0 Å². The zero-order valence-electron chi connectivity index (χ0n) is 9.07. The average molecular weight is 311 g/mol.